The molecule has 0 saturated carbocycles. The maximum atomic E-state index is 11.9. The van der Waals surface area contributed by atoms with E-state index in [1.165, 1.54) is 7.11 Å². The van der Waals surface area contributed by atoms with Gasteiger partial charge >= 0.3 is 5.97 Å². The lowest BCUT2D eigenvalue weighted by molar-refractivity contribution is 0.0599. The van der Waals surface area contributed by atoms with Crippen LogP contribution < -0.4 is 4.74 Å². The zero-order valence-electron chi connectivity index (χ0n) is 17.2. The number of benzene rings is 3. The summed E-state index contributed by atoms with van der Waals surface area (Å²) in [7, 11) is 1.35. The lowest BCUT2D eigenvalue weighted by atomic mass is 10.1. The molecule has 0 aliphatic rings. The van der Waals surface area contributed by atoms with E-state index in [-0.39, 0.29) is 6.01 Å². The second kappa shape index (κ2) is 8.55. The van der Waals surface area contributed by atoms with E-state index in [0.717, 1.165) is 22.2 Å². The van der Waals surface area contributed by atoms with Gasteiger partial charge in [0, 0.05) is 11.1 Å². The van der Waals surface area contributed by atoms with Gasteiger partial charge in [-0.3, -0.25) is 0 Å². The molecule has 1 N–H and O–H groups in total. The van der Waals surface area contributed by atoms with E-state index in [1.807, 2.05) is 44.2 Å². The average Bonchev–Trinajstić information content (AvgIpc) is 3.14. The topological polar surface area (TPSA) is 64.2 Å². The van der Waals surface area contributed by atoms with E-state index in [1.54, 1.807) is 24.3 Å². The molecule has 154 valence electrons. The minimum Gasteiger partial charge on any atom is -0.465 e. The zero-order valence-corrected chi connectivity index (χ0v) is 18.0. The predicted molar refractivity (Wildman–Crippen MR) is 121 cm³/mol. The van der Waals surface area contributed by atoms with Crippen LogP contribution in [0.4, 0.5) is 0 Å². The van der Waals surface area contributed by atoms with Crippen LogP contribution >= 0.6 is 11.6 Å². The first-order valence-electron chi connectivity index (χ1n) is 9.58. The number of nitrogens with one attached hydrogen (secondary N) is 1. The number of methoxy groups -OCH3 is 1. The zero-order chi connectivity index (χ0) is 22.0. The van der Waals surface area contributed by atoms with Gasteiger partial charge in [-0.2, -0.15) is 4.98 Å². The van der Waals surface area contributed by atoms with Crippen molar-refractivity contribution < 1.29 is 14.3 Å². The standard InChI is InChI=1S/C25H19ClN2O3/c1-15-6-4-5-7-17(15)9-10-18-12-22-23(14-21(18)26)28-25(27-22)31-19-11-8-16(2)20(13-19)24(29)30-3/h4-8,11-14H,1-3H3,(H,27,28). The van der Waals surface area contributed by atoms with E-state index >= 15 is 0 Å². The first-order chi connectivity index (χ1) is 14.9. The average molecular weight is 431 g/mol. The van der Waals surface area contributed by atoms with Gasteiger partial charge in [-0.25, -0.2) is 4.79 Å². The summed E-state index contributed by atoms with van der Waals surface area (Å²) in [6, 6.07) is 17.0. The van der Waals surface area contributed by atoms with Crippen molar-refractivity contribution in [3.63, 3.8) is 0 Å². The molecular formula is C25H19ClN2O3. The number of ether oxygens (including phenoxy) is 2. The van der Waals surface area contributed by atoms with Gasteiger partial charge in [-0.1, -0.05) is 47.7 Å². The van der Waals surface area contributed by atoms with Gasteiger partial charge < -0.3 is 14.5 Å². The molecule has 0 atom stereocenters. The summed E-state index contributed by atoms with van der Waals surface area (Å²) in [6.45, 7) is 3.85. The van der Waals surface area contributed by atoms with E-state index in [4.69, 9.17) is 21.1 Å². The number of H-pyrrole nitrogens is 1. The van der Waals surface area contributed by atoms with E-state index in [9.17, 15) is 4.79 Å². The van der Waals surface area contributed by atoms with Crippen molar-refractivity contribution in [2.75, 3.05) is 7.11 Å². The summed E-state index contributed by atoms with van der Waals surface area (Å²) in [5, 5.41) is 0.509. The van der Waals surface area contributed by atoms with Crippen LogP contribution in [0.1, 0.15) is 32.6 Å². The molecule has 5 nitrogen and oxygen atoms in total. The van der Waals surface area contributed by atoms with Crippen molar-refractivity contribution in [1.82, 2.24) is 9.97 Å². The number of aryl methyl sites for hydroxylation is 2. The molecule has 1 heterocycles. The minimum atomic E-state index is -0.420. The van der Waals surface area contributed by atoms with Gasteiger partial charge in [0.15, 0.2) is 0 Å². The molecule has 3 aromatic carbocycles. The second-order valence-corrected chi connectivity index (χ2v) is 7.43. The predicted octanol–water partition coefficient (Wildman–Crippen LogP) is 5.81. The van der Waals surface area contributed by atoms with Crippen LogP contribution in [0.5, 0.6) is 11.8 Å². The van der Waals surface area contributed by atoms with Crippen molar-refractivity contribution in [3.8, 4) is 23.6 Å². The van der Waals surface area contributed by atoms with E-state index in [0.29, 0.717) is 27.4 Å². The Labute approximate surface area is 185 Å². The molecule has 0 spiro atoms. The molecule has 0 amide bonds. The van der Waals surface area contributed by atoms with E-state index in [2.05, 4.69) is 21.8 Å². The molecule has 4 aromatic rings. The van der Waals surface area contributed by atoms with Crippen molar-refractivity contribution in [3.05, 3.63) is 87.4 Å². The van der Waals surface area contributed by atoms with Gasteiger partial charge in [0.05, 0.1) is 28.7 Å². The maximum absolute atomic E-state index is 11.9. The van der Waals surface area contributed by atoms with Gasteiger partial charge in [-0.05, 0) is 55.3 Å². The number of nitrogens with zero attached hydrogens (tertiary/aromatic N) is 1. The fourth-order valence-corrected chi connectivity index (χ4v) is 3.31. The fourth-order valence-electron chi connectivity index (χ4n) is 3.11. The number of aromatic amines is 1. The molecule has 31 heavy (non-hydrogen) atoms. The summed E-state index contributed by atoms with van der Waals surface area (Å²) >= 11 is 6.42. The third-order valence-electron chi connectivity index (χ3n) is 4.85. The molecule has 4 rings (SSSR count). The van der Waals surface area contributed by atoms with Crippen LogP contribution in [0.15, 0.2) is 54.6 Å². The highest BCUT2D eigenvalue weighted by atomic mass is 35.5. The van der Waals surface area contributed by atoms with Gasteiger partial charge in [0.2, 0.25) is 0 Å². The van der Waals surface area contributed by atoms with Gasteiger partial charge in [0.25, 0.3) is 6.01 Å². The van der Waals surface area contributed by atoms with Gasteiger partial charge in [-0.15, -0.1) is 0 Å². The number of rotatable bonds is 3. The number of esters is 1. The number of aromatic nitrogens is 2. The number of fused-ring (bicyclic) bond motifs is 1. The number of carbonyl (C=O) groups is 1. The Morgan fingerprint density at radius 3 is 2.55 bits per heavy atom. The van der Waals surface area contributed by atoms with Crippen LogP contribution in [-0.4, -0.2) is 23.0 Å². The van der Waals surface area contributed by atoms with Crippen LogP contribution in [0.2, 0.25) is 5.02 Å². The summed E-state index contributed by atoms with van der Waals surface area (Å²) in [4.78, 5) is 19.5. The molecular weight excluding hydrogens is 412 g/mol. The Hall–Kier alpha value is -3.75. The minimum absolute atomic E-state index is 0.287. The SMILES string of the molecule is COC(=O)c1cc(Oc2nc3cc(Cl)c(C#Cc4ccccc4C)cc3[nH]2)ccc1C. The Bertz CT molecular complexity index is 1360. The third kappa shape index (κ3) is 4.40. The molecule has 0 aliphatic carbocycles. The van der Waals surface area contributed by atoms with Crippen LogP contribution in [0.25, 0.3) is 11.0 Å². The molecule has 0 aliphatic heterocycles. The highest BCUT2D eigenvalue weighted by Crippen LogP contribution is 2.27. The maximum Gasteiger partial charge on any atom is 0.338 e. The number of halogens is 1. The van der Waals surface area contributed by atoms with Crippen molar-refractivity contribution >= 4 is 28.6 Å². The number of carbonyl (C=O) groups excluding carboxylic acids is 1. The lowest BCUT2D eigenvalue weighted by Crippen LogP contribution is -2.04. The molecule has 0 saturated heterocycles. The van der Waals surface area contributed by atoms with Gasteiger partial charge in [0.1, 0.15) is 5.75 Å². The smallest absolute Gasteiger partial charge is 0.338 e. The van der Waals surface area contributed by atoms with E-state index < -0.39 is 5.97 Å². The summed E-state index contributed by atoms with van der Waals surface area (Å²) in [6.07, 6.45) is 0. The molecule has 0 fully saturated rings. The number of imidazole rings is 1. The summed E-state index contributed by atoms with van der Waals surface area (Å²) in [5.41, 5.74) is 5.38. The van der Waals surface area contributed by atoms with Crippen molar-refractivity contribution in [2.45, 2.75) is 13.8 Å². The first-order valence-corrected chi connectivity index (χ1v) is 9.96. The van der Waals surface area contributed by atoms with Crippen LogP contribution in [-0.2, 0) is 4.74 Å². The Balaban J connectivity index is 1.64. The Morgan fingerprint density at radius 1 is 1.00 bits per heavy atom. The normalized spacial score (nSPS) is 10.5. The number of hydrogen-bond acceptors (Lipinski definition) is 4. The number of hydrogen-bond donors (Lipinski definition) is 1. The second-order valence-electron chi connectivity index (χ2n) is 7.03. The molecule has 1 aromatic heterocycles. The van der Waals surface area contributed by atoms with Crippen molar-refractivity contribution in [2.24, 2.45) is 0 Å². The van der Waals surface area contributed by atoms with Crippen molar-refractivity contribution in [1.29, 1.82) is 0 Å². The largest absolute Gasteiger partial charge is 0.465 e. The highest BCUT2D eigenvalue weighted by molar-refractivity contribution is 6.32. The first kappa shape index (κ1) is 20.5. The van der Waals surface area contributed by atoms with Crippen LogP contribution in [0, 0.1) is 25.7 Å². The monoisotopic (exact) mass is 430 g/mol. The molecule has 0 radical (unpaired) electrons. The lowest BCUT2D eigenvalue weighted by Gasteiger charge is -2.07. The third-order valence-corrected chi connectivity index (χ3v) is 5.17. The summed E-state index contributed by atoms with van der Waals surface area (Å²) < 4.78 is 10.6. The fraction of sp³-hybridized carbons (Fsp3) is 0.120. The van der Waals surface area contributed by atoms with Crippen LogP contribution in [0.3, 0.4) is 0 Å². The highest BCUT2D eigenvalue weighted by Gasteiger charge is 2.13. The molecule has 0 bridgehead atoms. The molecule has 0 unspecified atom stereocenters. The Kier molecular flexibility index (Phi) is 5.66. The quantitative estimate of drug-likeness (QED) is 0.329. The summed E-state index contributed by atoms with van der Waals surface area (Å²) in [5.74, 6) is 6.35. The Morgan fingerprint density at radius 2 is 1.77 bits per heavy atom. The molecule has 6 heteroatoms.